The molecule has 0 aliphatic heterocycles. The van der Waals surface area contributed by atoms with Crippen LogP contribution in [-0.4, -0.2) is 29.2 Å². The molecule has 3 rings (SSSR count). The Hall–Kier alpha value is -3.28. The summed E-state index contributed by atoms with van der Waals surface area (Å²) in [7, 11) is 1.78. The van der Waals surface area contributed by atoms with Crippen molar-refractivity contribution in [1.82, 2.24) is 20.2 Å². The molecule has 0 aliphatic carbocycles. The zero-order chi connectivity index (χ0) is 19.6. The molecule has 0 saturated carbocycles. The molecular formula is C22H27N5O. The number of nitrogens with one attached hydrogen (secondary N) is 2. The van der Waals surface area contributed by atoms with E-state index < -0.39 is 0 Å². The van der Waals surface area contributed by atoms with Gasteiger partial charge < -0.3 is 19.9 Å². The predicted molar refractivity (Wildman–Crippen MR) is 112 cm³/mol. The van der Waals surface area contributed by atoms with Crippen LogP contribution in [0.1, 0.15) is 23.6 Å². The number of guanidine groups is 1. The predicted octanol–water partition coefficient (Wildman–Crippen LogP) is 3.20. The van der Waals surface area contributed by atoms with Crippen LogP contribution in [-0.2, 0) is 19.6 Å². The average Bonchev–Trinajstić information content (AvgIpc) is 3.23. The fourth-order valence-electron chi connectivity index (χ4n) is 2.96. The molecule has 1 aromatic heterocycles. The Morgan fingerprint density at radius 2 is 1.89 bits per heavy atom. The maximum absolute atomic E-state index is 5.68. The summed E-state index contributed by atoms with van der Waals surface area (Å²) in [6, 6.07) is 16.6. The van der Waals surface area contributed by atoms with Crippen molar-refractivity contribution in [2.75, 3.05) is 13.7 Å². The van der Waals surface area contributed by atoms with Gasteiger partial charge in [0.1, 0.15) is 5.75 Å². The first-order chi connectivity index (χ1) is 13.8. The number of rotatable bonds is 8. The molecule has 6 nitrogen and oxygen atoms in total. The van der Waals surface area contributed by atoms with Gasteiger partial charge in [0.05, 0.1) is 12.9 Å². The Kier molecular flexibility index (Phi) is 7.07. The van der Waals surface area contributed by atoms with E-state index in [2.05, 4.69) is 55.5 Å². The first-order valence-corrected chi connectivity index (χ1v) is 9.47. The molecule has 2 aromatic carbocycles. The van der Waals surface area contributed by atoms with Gasteiger partial charge in [-0.2, -0.15) is 0 Å². The van der Waals surface area contributed by atoms with Crippen LogP contribution in [0.25, 0.3) is 0 Å². The lowest BCUT2D eigenvalue weighted by molar-refractivity contribution is 0.336. The number of benzene rings is 2. The van der Waals surface area contributed by atoms with Crippen LogP contribution < -0.4 is 15.4 Å². The van der Waals surface area contributed by atoms with E-state index in [0.29, 0.717) is 19.7 Å². The smallest absolute Gasteiger partial charge is 0.191 e. The van der Waals surface area contributed by atoms with E-state index in [4.69, 9.17) is 4.74 Å². The summed E-state index contributed by atoms with van der Waals surface area (Å²) >= 11 is 0. The van der Waals surface area contributed by atoms with Gasteiger partial charge >= 0.3 is 0 Å². The number of imidazole rings is 1. The Balaban J connectivity index is 1.54. The molecule has 3 aromatic rings. The molecule has 0 unspecified atom stereocenters. The van der Waals surface area contributed by atoms with Crippen molar-refractivity contribution >= 4 is 5.96 Å². The van der Waals surface area contributed by atoms with Crippen molar-refractivity contribution in [3.63, 3.8) is 0 Å². The molecule has 6 heteroatoms. The molecule has 0 amide bonds. The molecule has 0 saturated heterocycles. The maximum atomic E-state index is 5.68. The standard InChI is InChI=1S/C22H27N5O/c1-3-28-21-10-5-4-9-20(21)15-26-22(23-2)25-14-18-7-6-8-19(13-18)16-27-12-11-24-17-27/h4-13,17H,3,14-16H2,1-2H3,(H2,23,25,26). The van der Waals surface area contributed by atoms with E-state index in [0.717, 1.165) is 23.8 Å². The van der Waals surface area contributed by atoms with Crippen LogP contribution in [0.5, 0.6) is 5.75 Å². The number of para-hydroxylation sites is 1. The largest absolute Gasteiger partial charge is 0.494 e. The quantitative estimate of drug-likeness (QED) is 0.467. The molecule has 0 spiro atoms. The molecule has 0 atom stereocenters. The minimum Gasteiger partial charge on any atom is -0.494 e. The normalized spacial score (nSPS) is 11.3. The fourth-order valence-corrected chi connectivity index (χ4v) is 2.96. The summed E-state index contributed by atoms with van der Waals surface area (Å²) in [5.74, 6) is 1.66. The Labute approximate surface area is 166 Å². The second-order valence-electron chi connectivity index (χ2n) is 6.38. The van der Waals surface area contributed by atoms with Crippen LogP contribution >= 0.6 is 0 Å². The van der Waals surface area contributed by atoms with Crippen LogP contribution in [0.3, 0.4) is 0 Å². The van der Waals surface area contributed by atoms with Gasteiger partial charge in [0, 0.05) is 44.6 Å². The van der Waals surface area contributed by atoms with E-state index in [9.17, 15) is 0 Å². The molecule has 2 N–H and O–H groups in total. The van der Waals surface area contributed by atoms with E-state index >= 15 is 0 Å². The fraction of sp³-hybridized carbons (Fsp3) is 0.273. The van der Waals surface area contributed by atoms with Gasteiger partial charge in [-0.05, 0) is 24.1 Å². The van der Waals surface area contributed by atoms with Crippen molar-refractivity contribution in [3.05, 3.63) is 83.9 Å². The molecule has 28 heavy (non-hydrogen) atoms. The first kappa shape index (κ1) is 19.5. The second kappa shape index (κ2) is 10.2. The summed E-state index contributed by atoms with van der Waals surface area (Å²) in [6.07, 6.45) is 5.60. The minimum atomic E-state index is 0.649. The molecule has 0 aliphatic rings. The summed E-state index contributed by atoms with van der Waals surface area (Å²) in [5.41, 5.74) is 3.55. The van der Waals surface area contributed by atoms with Crippen LogP contribution in [0, 0.1) is 0 Å². The number of ether oxygens (including phenoxy) is 1. The highest BCUT2D eigenvalue weighted by Crippen LogP contribution is 2.17. The SMILES string of the molecule is CCOc1ccccc1CNC(=NC)NCc1cccc(Cn2ccnc2)c1. The number of hydrogen-bond donors (Lipinski definition) is 2. The maximum Gasteiger partial charge on any atom is 0.191 e. The summed E-state index contributed by atoms with van der Waals surface area (Å²) in [5, 5.41) is 6.72. The Bertz CT molecular complexity index is 889. The van der Waals surface area contributed by atoms with Crippen LogP contribution in [0.2, 0.25) is 0 Å². The first-order valence-electron chi connectivity index (χ1n) is 9.47. The lowest BCUT2D eigenvalue weighted by Gasteiger charge is -2.14. The summed E-state index contributed by atoms with van der Waals surface area (Å²) < 4.78 is 7.74. The third kappa shape index (κ3) is 5.61. The van der Waals surface area contributed by atoms with E-state index in [1.54, 1.807) is 13.2 Å². The average molecular weight is 377 g/mol. The van der Waals surface area contributed by atoms with Crippen LogP contribution in [0.15, 0.2) is 72.2 Å². The van der Waals surface area contributed by atoms with Gasteiger partial charge in [-0.15, -0.1) is 0 Å². The highest BCUT2D eigenvalue weighted by Gasteiger charge is 2.05. The van der Waals surface area contributed by atoms with Gasteiger partial charge in [-0.3, -0.25) is 4.99 Å². The lowest BCUT2D eigenvalue weighted by Crippen LogP contribution is -2.36. The van der Waals surface area contributed by atoms with Gasteiger partial charge in [-0.1, -0.05) is 42.5 Å². The van der Waals surface area contributed by atoms with Gasteiger partial charge in [0.25, 0.3) is 0 Å². The van der Waals surface area contributed by atoms with E-state index in [1.807, 2.05) is 37.6 Å². The number of nitrogens with zero attached hydrogens (tertiary/aromatic N) is 3. The van der Waals surface area contributed by atoms with E-state index in [-0.39, 0.29) is 0 Å². The lowest BCUT2D eigenvalue weighted by atomic mass is 10.1. The van der Waals surface area contributed by atoms with Crippen molar-refractivity contribution in [3.8, 4) is 5.75 Å². The zero-order valence-electron chi connectivity index (χ0n) is 16.4. The van der Waals surface area contributed by atoms with Crippen molar-refractivity contribution in [1.29, 1.82) is 0 Å². The topological polar surface area (TPSA) is 63.5 Å². The molecule has 146 valence electrons. The van der Waals surface area contributed by atoms with Gasteiger partial charge in [0.15, 0.2) is 5.96 Å². The van der Waals surface area contributed by atoms with Crippen LogP contribution in [0.4, 0.5) is 0 Å². The number of aromatic nitrogens is 2. The third-order valence-electron chi connectivity index (χ3n) is 4.32. The van der Waals surface area contributed by atoms with E-state index in [1.165, 1.54) is 11.1 Å². The van der Waals surface area contributed by atoms with Crippen molar-refractivity contribution in [2.24, 2.45) is 4.99 Å². The minimum absolute atomic E-state index is 0.649. The monoisotopic (exact) mass is 377 g/mol. The molecule has 0 bridgehead atoms. The van der Waals surface area contributed by atoms with Crippen molar-refractivity contribution < 1.29 is 4.74 Å². The number of aliphatic imine (C=N–C) groups is 1. The number of hydrogen-bond acceptors (Lipinski definition) is 3. The molecule has 0 radical (unpaired) electrons. The molecular weight excluding hydrogens is 350 g/mol. The summed E-state index contributed by atoms with van der Waals surface area (Å²) in [4.78, 5) is 8.41. The highest BCUT2D eigenvalue weighted by atomic mass is 16.5. The Morgan fingerprint density at radius 3 is 2.68 bits per heavy atom. The van der Waals surface area contributed by atoms with Crippen molar-refractivity contribution in [2.45, 2.75) is 26.6 Å². The third-order valence-corrected chi connectivity index (χ3v) is 4.32. The zero-order valence-corrected chi connectivity index (χ0v) is 16.4. The Morgan fingerprint density at radius 1 is 1.07 bits per heavy atom. The highest BCUT2D eigenvalue weighted by molar-refractivity contribution is 5.79. The second-order valence-corrected chi connectivity index (χ2v) is 6.38. The molecule has 1 heterocycles. The summed E-state index contributed by atoms with van der Waals surface area (Å²) in [6.45, 7) is 4.81. The molecule has 0 fully saturated rings. The van der Waals surface area contributed by atoms with Gasteiger partial charge in [-0.25, -0.2) is 4.98 Å². The van der Waals surface area contributed by atoms with Gasteiger partial charge in [0.2, 0.25) is 0 Å².